The third-order valence-electron chi connectivity index (χ3n) is 3.30. The second kappa shape index (κ2) is 7.07. The van der Waals surface area contributed by atoms with E-state index in [0.717, 1.165) is 5.56 Å². The summed E-state index contributed by atoms with van der Waals surface area (Å²) < 4.78 is 10.8. The molecule has 0 spiro atoms. The van der Waals surface area contributed by atoms with E-state index in [-0.39, 0.29) is 11.6 Å². The molecule has 0 radical (unpaired) electrons. The van der Waals surface area contributed by atoms with Crippen LogP contribution in [0.3, 0.4) is 0 Å². The quantitative estimate of drug-likeness (QED) is 0.583. The molecule has 1 heterocycles. The van der Waals surface area contributed by atoms with E-state index < -0.39 is 5.97 Å². The highest BCUT2D eigenvalue weighted by atomic mass is 35.5. The summed E-state index contributed by atoms with van der Waals surface area (Å²) >= 11 is 11.9. The zero-order chi connectivity index (χ0) is 17.1. The third kappa shape index (κ3) is 3.45. The molecule has 0 atom stereocenters. The van der Waals surface area contributed by atoms with Crippen LogP contribution in [0.5, 0.6) is 5.75 Å². The number of carbonyl (C=O) groups is 1. The van der Waals surface area contributed by atoms with E-state index >= 15 is 0 Å². The van der Waals surface area contributed by atoms with Crippen molar-refractivity contribution in [3.05, 3.63) is 69.3 Å². The molecule has 2 aromatic carbocycles. The number of esters is 1. The Bertz CT molecular complexity index is 859. The number of benzene rings is 2. The average Bonchev–Trinajstić information content (AvgIpc) is 2.93. The van der Waals surface area contributed by atoms with Crippen LogP contribution in [-0.4, -0.2) is 18.5 Å². The minimum Gasteiger partial charge on any atom is -0.493 e. The van der Waals surface area contributed by atoms with Crippen molar-refractivity contribution in [3.8, 4) is 5.75 Å². The van der Waals surface area contributed by atoms with Gasteiger partial charge in [-0.15, -0.1) is 0 Å². The highest BCUT2D eigenvalue weighted by molar-refractivity contribution is 6.42. The Balaban J connectivity index is 1.96. The van der Waals surface area contributed by atoms with Crippen molar-refractivity contribution in [2.75, 3.05) is 6.61 Å². The molecule has 24 heavy (non-hydrogen) atoms. The van der Waals surface area contributed by atoms with Gasteiger partial charge in [0.05, 0.1) is 16.7 Å². The number of nitrogens with zero attached hydrogens (tertiary/aromatic N) is 1. The van der Waals surface area contributed by atoms with Crippen molar-refractivity contribution in [1.82, 2.24) is 0 Å². The lowest BCUT2D eigenvalue weighted by Gasteiger charge is -2.06. The van der Waals surface area contributed by atoms with E-state index in [4.69, 9.17) is 32.7 Å². The minimum absolute atomic E-state index is 0.193. The summed E-state index contributed by atoms with van der Waals surface area (Å²) in [6.07, 6.45) is 1.64. The lowest BCUT2D eigenvalue weighted by atomic mass is 10.1. The Hall–Kier alpha value is -2.30. The zero-order valence-corrected chi connectivity index (χ0v) is 14.3. The molecule has 0 saturated heterocycles. The van der Waals surface area contributed by atoms with Crippen molar-refractivity contribution in [3.63, 3.8) is 0 Å². The summed E-state index contributed by atoms with van der Waals surface area (Å²) in [5.41, 5.74) is 1.54. The highest BCUT2D eigenvalue weighted by Crippen LogP contribution is 2.27. The monoisotopic (exact) mass is 361 g/mol. The second-order valence-electron chi connectivity index (χ2n) is 4.94. The van der Waals surface area contributed by atoms with Crippen LogP contribution in [0.4, 0.5) is 0 Å². The van der Waals surface area contributed by atoms with Gasteiger partial charge in [-0.2, -0.15) is 0 Å². The van der Waals surface area contributed by atoms with Gasteiger partial charge in [0.2, 0.25) is 5.90 Å². The Labute approximate surface area is 149 Å². The first-order chi connectivity index (χ1) is 11.6. The number of aliphatic imine (C=N–C) groups is 1. The molecular formula is C18H13Cl2NO3. The number of para-hydroxylation sites is 1. The number of ether oxygens (including phenoxy) is 2. The molecule has 0 unspecified atom stereocenters. The van der Waals surface area contributed by atoms with Gasteiger partial charge < -0.3 is 9.47 Å². The van der Waals surface area contributed by atoms with Crippen molar-refractivity contribution in [2.24, 2.45) is 4.99 Å². The number of hydrogen-bond acceptors (Lipinski definition) is 4. The fourth-order valence-electron chi connectivity index (χ4n) is 2.20. The molecule has 0 fully saturated rings. The Morgan fingerprint density at radius 3 is 2.71 bits per heavy atom. The van der Waals surface area contributed by atoms with Gasteiger partial charge in [0, 0.05) is 11.1 Å². The topological polar surface area (TPSA) is 47.9 Å². The number of rotatable bonds is 4. The van der Waals surface area contributed by atoms with E-state index in [1.165, 1.54) is 0 Å². The van der Waals surface area contributed by atoms with Gasteiger partial charge >= 0.3 is 5.97 Å². The van der Waals surface area contributed by atoms with E-state index in [9.17, 15) is 4.79 Å². The summed E-state index contributed by atoms with van der Waals surface area (Å²) in [4.78, 5) is 16.3. The molecule has 4 nitrogen and oxygen atoms in total. The molecule has 0 amide bonds. The maximum Gasteiger partial charge on any atom is 0.363 e. The van der Waals surface area contributed by atoms with Crippen molar-refractivity contribution in [1.29, 1.82) is 0 Å². The largest absolute Gasteiger partial charge is 0.493 e. The van der Waals surface area contributed by atoms with Crippen LogP contribution in [0.1, 0.15) is 18.1 Å². The van der Waals surface area contributed by atoms with Crippen LogP contribution in [0, 0.1) is 0 Å². The first kappa shape index (κ1) is 16.6. The maximum atomic E-state index is 12.1. The SMILES string of the molecule is CCOc1ccccc1/C=C1\N=C(c2ccc(Cl)c(Cl)c2)OC1=O. The Morgan fingerprint density at radius 1 is 1.17 bits per heavy atom. The fraction of sp³-hybridized carbons (Fsp3) is 0.111. The molecule has 0 N–H and O–H groups in total. The molecule has 1 aliphatic rings. The number of hydrogen-bond donors (Lipinski definition) is 0. The summed E-state index contributed by atoms with van der Waals surface area (Å²) in [6.45, 7) is 2.43. The first-order valence-electron chi connectivity index (χ1n) is 7.28. The van der Waals surface area contributed by atoms with Crippen molar-refractivity contribution < 1.29 is 14.3 Å². The molecule has 2 aromatic rings. The fourth-order valence-corrected chi connectivity index (χ4v) is 2.49. The third-order valence-corrected chi connectivity index (χ3v) is 4.04. The maximum absolute atomic E-state index is 12.1. The average molecular weight is 362 g/mol. The molecule has 6 heteroatoms. The van der Waals surface area contributed by atoms with Gasteiger partial charge in [0.25, 0.3) is 0 Å². The van der Waals surface area contributed by atoms with Crippen LogP contribution >= 0.6 is 23.2 Å². The molecule has 0 aromatic heterocycles. The van der Waals surface area contributed by atoms with Crippen molar-refractivity contribution >= 4 is 41.1 Å². The summed E-state index contributed by atoms with van der Waals surface area (Å²) in [5.74, 6) is 0.347. The number of cyclic esters (lactones) is 1. The Kier molecular flexibility index (Phi) is 4.88. The van der Waals surface area contributed by atoms with Gasteiger partial charge in [-0.05, 0) is 37.3 Å². The van der Waals surface area contributed by atoms with Crippen LogP contribution in [0.15, 0.2) is 53.2 Å². The van der Waals surface area contributed by atoms with Crippen LogP contribution in [0.25, 0.3) is 6.08 Å². The van der Waals surface area contributed by atoms with Gasteiger partial charge in [-0.3, -0.25) is 0 Å². The molecule has 122 valence electrons. The number of carbonyl (C=O) groups excluding carboxylic acids is 1. The van der Waals surface area contributed by atoms with Gasteiger partial charge in [0.1, 0.15) is 5.75 Å². The zero-order valence-electron chi connectivity index (χ0n) is 12.8. The van der Waals surface area contributed by atoms with E-state index in [2.05, 4.69) is 4.99 Å². The summed E-state index contributed by atoms with van der Waals surface area (Å²) in [7, 11) is 0. The second-order valence-corrected chi connectivity index (χ2v) is 5.75. The Morgan fingerprint density at radius 2 is 1.96 bits per heavy atom. The van der Waals surface area contributed by atoms with E-state index in [1.807, 2.05) is 31.2 Å². The lowest BCUT2D eigenvalue weighted by Crippen LogP contribution is -2.05. The molecule has 0 bridgehead atoms. The van der Waals surface area contributed by atoms with Crippen molar-refractivity contribution in [2.45, 2.75) is 6.92 Å². The smallest absolute Gasteiger partial charge is 0.363 e. The minimum atomic E-state index is -0.526. The molecule has 0 aliphatic carbocycles. The predicted octanol–water partition coefficient (Wildman–Crippen LogP) is 4.74. The normalized spacial score (nSPS) is 15.4. The molecule has 3 rings (SSSR count). The van der Waals surface area contributed by atoms with Gasteiger partial charge in [0.15, 0.2) is 5.70 Å². The summed E-state index contributed by atoms with van der Waals surface area (Å²) in [6, 6.07) is 12.3. The molecular weight excluding hydrogens is 349 g/mol. The van der Waals surface area contributed by atoms with E-state index in [1.54, 1.807) is 24.3 Å². The predicted molar refractivity (Wildman–Crippen MR) is 94.7 cm³/mol. The van der Waals surface area contributed by atoms with Gasteiger partial charge in [-0.1, -0.05) is 41.4 Å². The van der Waals surface area contributed by atoms with Crippen LogP contribution in [-0.2, 0) is 9.53 Å². The molecule has 1 aliphatic heterocycles. The van der Waals surface area contributed by atoms with E-state index in [0.29, 0.717) is 28.0 Å². The first-order valence-corrected chi connectivity index (χ1v) is 8.04. The lowest BCUT2D eigenvalue weighted by molar-refractivity contribution is -0.129. The standard InChI is InChI=1S/C18H13Cl2NO3/c1-2-23-16-6-4-3-5-11(16)10-15-18(22)24-17(21-15)12-7-8-13(19)14(20)9-12/h3-10H,2H2,1H3/b15-10-. The van der Waals surface area contributed by atoms with Crippen LogP contribution in [0.2, 0.25) is 10.0 Å². The number of halogens is 2. The summed E-state index contributed by atoms with van der Waals surface area (Å²) in [5, 5.41) is 0.791. The van der Waals surface area contributed by atoms with Crippen LogP contribution < -0.4 is 4.74 Å². The highest BCUT2D eigenvalue weighted by Gasteiger charge is 2.25. The molecule has 0 saturated carbocycles. The van der Waals surface area contributed by atoms with Gasteiger partial charge in [-0.25, -0.2) is 9.79 Å².